The van der Waals surface area contributed by atoms with Crippen molar-refractivity contribution in [2.75, 3.05) is 20.3 Å². The van der Waals surface area contributed by atoms with Gasteiger partial charge in [-0.25, -0.2) is 13.6 Å². The minimum absolute atomic E-state index is 0.105. The number of aromatic amines is 1. The lowest BCUT2D eigenvalue weighted by atomic mass is 10.3. The molecule has 102 valence electrons. The fraction of sp³-hybridized carbons (Fsp3) is 0.500. The second kappa shape index (κ2) is 6.53. The van der Waals surface area contributed by atoms with Gasteiger partial charge in [0.2, 0.25) is 10.0 Å². The number of methoxy groups -OCH3 is 1. The standard InChI is InChI=1S/C10H17N3O4S/c1-17-5-3-2-4-12-10(14)9-6-8(7-13-9)18(11,15)16/h6-7,13H,2-5H2,1H3,(H,12,14)(H2,11,15,16). The lowest BCUT2D eigenvalue weighted by Crippen LogP contribution is -2.24. The van der Waals surface area contributed by atoms with Crippen LogP contribution in [0.3, 0.4) is 0 Å². The third kappa shape index (κ3) is 4.47. The summed E-state index contributed by atoms with van der Waals surface area (Å²) in [6, 6.07) is 1.21. The van der Waals surface area contributed by atoms with E-state index in [1.165, 1.54) is 12.3 Å². The lowest BCUT2D eigenvalue weighted by Gasteiger charge is -2.03. The van der Waals surface area contributed by atoms with E-state index in [0.717, 1.165) is 12.8 Å². The summed E-state index contributed by atoms with van der Waals surface area (Å²) in [5.74, 6) is -0.359. The molecule has 0 aliphatic heterocycles. The zero-order valence-corrected chi connectivity index (χ0v) is 10.9. The van der Waals surface area contributed by atoms with Gasteiger partial charge < -0.3 is 15.0 Å². The van der Waals surface area contributed by atoms with Crippen LogP contribution in [0.5, 0.6) is 0 Å². The summed E-state index contributed by atoms with van der Waals surface area (Å²) in [6.45, 7) is 1.15. The highest BCUT2D eigenvalue weighted by Gasteiger charge is 2.14. The van der Waals surface area contributed by atoms with E-state index in [4.69, 9.17) is 9.88 Å². The zero-order chi connectivity index (χ0) is 13.6. The molecule has 1 aromatic rings. The quantitative estimate of drug-likeness (QED) is 0.599. The van der Waals surface area contributed by atoms with E-state index in [0.29, 0.717) is 13.2 Å². The topological polar surface area (TPSA) is 114 Å². The van der Waals surface area contributed by atoms with Crippen LogP contribution in [-0.4, -0.2) is 39.6 Å². The normalized spacial score (nSPS) is 11.4. The average molecular weight is 275 g/mol. The van der Waals surface area contributed by atoms with Crippen LogP contribution in [0.15, 0.2) is 17.2 Å². The number of ether oxygens (including phenoxy) is 1. The fourth-order valence-corrected chi connectivity index (χ4v) is 1.84. The van der Waals surface area contributed by atoms with Crippen LogP contribution in [0.2, 0.25) is 0 Å². The molecule has 0 unspecified atom stereocenters. The predicted molar refractivity (Wildman–Crippen MR) is 65.6 cm³/mol. The van der Waals surface area contributed by atoms with Gasteiger partial charge in [0.25, 0.3) is 5.91 Å². The van der Waals surface area contributed by atoms with Gasteiger partial charge in [-0.15, -0.1) is 0 Å². The third-order valence-corrected chi connectivity index (χ3v) is 3.18. The molecule has 0 aliphatic rings. The second-order valence-corrected chi connectivity index (χ2v) is 5.31. The number of sulfonamides is 1. The van der Waals surface area contributed by atoms with Crippen molar-refractivity contribution in [3.8, 4) is 0 Å². The molecule has 0 fully saturated rings. The smallest absolute Gasteiger partial charge is 0.267 e. The molecule has 0 saturated heterocycles. The van der Waals surface area contributed by atoms with Crippen LogP contribution in [0.1, 0.15) is 23.3 Å². The van der Waals surface area contributed by atoms with Crippen molar-refractivity contribution in [3.05, 3.63) is 18.0 Å². The Bertz CT molecular complexity index is 495. The Balaban J connectivity index is 2.45. The van der Waals surface area contributed by atoms with Crippen LogP contribution in [0.25, 0.3) is 0 Å². The Morgan fingerprint density at radius 1 is 1.50 bits per heavy atom. The summed E-state index contributed by atoms with van der Waals surface area (Å²) in [4.78, 5) is 14.1. The van der Waals surface area contributed by atoms with Crippen molar-refractivity contribution in [2.24, 2.45) is 5.14 Å². The first kappa shape index (κ1) is 14.7. The number of aromatic nitrogens is 1. The number of nitrogens with two attached hydrogens (primary N) is 1. The number of carbonyl (C=O) groups excluding carboxylic acids is 1. The molecule has 18 heavy (non-hydrogen) atoms. The summed E-state index contributed by atoms with van der Waals surface area (Å²) in [6.07, 6.45) is 2.83. The van der Waals surface area contributed by atoms with E-state index in [9.17, 15) is 13.2 Å². The van der Waals surface area contributed by atoms with Gasteiger partial charge in [0.15, 0.2) is 0 Å². The van der Waals surface area contributed by atoms with Crippen molar-refractivity contribution in [3.63, 3.8) is 0 Å². The third-order valence-electron chi connectivity index (χ3n) is 2.29. The van der Waals surface area contributed by atoms with Crippen molar-refractivity contribution in [1.82, 2.24) is 10.3 Å². The van der Waals surface area contributed by atoms with Crippen molar-refractivity contribution in [1.29, 1.82) is 0 Å². The number of carbonyl (C=O) groups is 1. The maximum Gasteiger partial charge on any atom is 0.267 e. The van der Waals surface area contributed by atoms with Gasteiger partial charge in [-0.2, -0.15) is 0 Å². The van der Waals surface area contributed by atoms with E-state index in [1.807, 2.05) is 0 Å². The van der Waals surface area contributed by atoms with Crippen LogP contribution < -0.4 is 10.5 Å². The molecule has 1 rings (SSSR count). The fourth-order valence-electron chi connectivity index (χ4n) is 1.34. The van der Waals surface area contributed by atoms with Crippen molar-refractivity contribution < 1.29 is 17.9 Å². The van der Waals surface area contributed by atoms with Gasteiger partial charge >= 0.3 is 0 Å². The van der Waals surface area contributed by atoms with Gasteiger partial charge in [-0.05, 0) is 18.9 Å². The van der Waals surface area contributed by atoms with Crippen LogP contribution in [0, 0.1) is 0 Å². The minimum Gasteiger partial charge on any atom is -0.385 e. The van der Waals surface area contributed by atoms with Crippen molar-refractivity contribution >= 4 is 15.9 Å². The van der Waals surface area contributed by atoms with E-state index in [-0.39, 0.29) is 16.5 Å². The monoisotopic (exact) mass is 275 g/mol. The number of hydrogen-bond donors (Lipinski definition) is 3. The van der Waals surface area contributed by atoms with E-state index in [2.05, 4.69) is 10.3 Å². The van der Waals surface area contributed by atoms with Gasteiger partial charge in [-0.1, -0.05) is 0 Å². The lowest BCUT2D eigenvalue weighted by molar-refractivity contribution is 0.0947. The zero-order valence-electron chi connectivity index (χ0n) is 10.1. The molecule has 0 radical (unpaired) electrons. The van der Waals surface area contributed by atoms with Gasteiger partial charge in [-0.3, -0.25) is 4.79 Å². The summed E-state index contributed by atoms with van der Waals surface area (Å²) in [5, 5.41) is 7.59. The number of amides is 1. The molecule has 1 aromatic heterocycles. The second-order valence-electron chi connectivity index (χ2n) is 3.75. The number of unbranched alkanes of at least 4 members (excludes halogenated alkanes) is 1. The van der Waals surface area contributed by atoms with Gasteiger partial charge in [0, 0.05) is 26.5 Å². The first-order valence-electron chi connectivity index (χ1n) is 5.43. The highest BCUT2D eigenvalue weighted by atomic mass is 32.2. The number of H-pyrrole nitrogens is 1. The average Bonchev–Trinajstić information content (AvgIpc) is 2.77. The maximum atomic E-state index is 11.6. The first-order valence-corrected chi connectivity index (χ1v) is 6.98. The van der Waals surface area contributed by atoms with Crippen molar-refractivity contribution in [2.45, 2.75) is 17.7 Å². The molecule has 0 aromatic carbocycles. The van der Waals surface area contributed by atoms with Gasteiger partial charge in [0.05, 0.1) is 4.90 Å². The summed E-state index contributed by atoms with van der Waals surface area (Å²) in [5.41, 5.74) is 0.172. The molecular formula is C10H17N3O4S. The molecule has 0 bridgehead atoms. The SMILES string of the molecule is COCCCCNC(=O)c1cc(S(N)(=O)=O)c[nH]1. The Morgan fingerprint density at radius 2 is 2.22 bits per heavy atom. The van der Waals surface area contributed by atoms with Crippen LogP contribution >= 0.6 is 0 Å². The Morgan fingerprint density at radius 3 is 2.78 bits per heavy atom. The molecule has 8 heteroatoms. The molecule has 1 heterocycles. The number of primary sulfonamides is 1. The van der Waals surface area contributed by atoms with Gasteiger partial charge in [0.1, 0.15) is 5.69 Å². The van der Waals surface area contributed by atoms with Crippen LogP contribution in [0.4, 0.5) is 0 Å². The van der Waals surface area contributed by atoms with E-state index < -0.39 is 10.0 Å². The van der Waals surface area contributed by atoms with E-state index >= 15 is 0 Å². The molecule has 0 spiro atoms. The summed E-state index contributed by atoms with van der Waals surface area (Å²) in [7, 11) is -2.16. The maximum absolute atomic E-state index is 11.6. The minimum atomic E-state index is -3.78. The summed E-state index contributed by atoms with van der Waals surface area (Å²) >= 11 is 0. The Hall–Kier alpha value is -1.38. The Kier molecular flexibility index (Phi) is 5.32. The van der Waals surface area contributed by atoms with E-state index in [1.54, 1.807) is 7.11 Å². The molecule has 7 nitrogen and oxygen atoms in total. The number of hydrogen-bond acceptors (Lipinski definition) is 4. The number of rotatable bonds is 7. The first-order chi connectivity index (χ1) is 8.45. The Labute approximate surface area is 106 Å². The molecule has 4 N–H and O–H groups in total. The molecule has 0 aliphatic carbocycles. The molecule has 0 atom stereocenters. The number of nitrogens with one attached hydrogen (secondary N) is 2. The highest BCUT2D eigenvalue weighted by Crippen LogP contribution is 2.08. The predicted octanol–water partition coefficient (Wildman–Crippen LogP) is -0.181. The summed E-state index contributed by atoms with van der Waals surface area (Å²) < 4.78 is 26.9. The largest absolute Gasteiger partial charge is 0.385 e. The molecular weight excluding hydrogens is 258 g/mol. The molecule has 1 amide bonds. The molecule has 0 saturated carbocycles. The highest BCUT2D eigenvalue weighted by molar-refractivity contribution is 7.89. The van der Waals surface area contributed by atoms with Crippen LogP contribution in [-0.2, 0) is 14.8 Å².